The molecule has 2 aromatic heterocycles. The Balaban J connectivity index is 2.37. The van der Waals surface area contributed by atoms with Crippen molar-refractivity contribution in [2.75, 3.05) is 4.72 Å². The van der Waals surface area contributed by atoms with Crippen molar-refractivity contribution in [1.29, 1.82) is 0 Å². The van der Waals surface area contributed by atoms with E-state index in [9.17, 15) is 13.2 Å². The molecule has 8 nitrogen and oxygen atoms in total. The van der Waals surface area contributed by atoms with Crippen LogP contribution in [0, 0.1) is 0 Å². The van der Waals surface area contributed by atoms with E-state index in [1.54, 1.807) is 0 Å². The van der Waals surface area contributed by atoms with Crippen LogP contribution in [0.2, 0.25) is 0 Å². The minimum Gasteiger partial charge on any atom is -0.476 e. The smallest absolute Gasteiger partial charge is 0.356 e. The van der Waals surface area contributed by atoms with Gasteiger partial charge in [0.2, 0.25) is 0 Å². The Hall–Kier alpha value is -2.07. The SMILES string of the molecule is O=C(O)c1ncsc1S(=O)(=O)Nc1cncnc1. The predicted octanol–water partition coefficient (Wildman–Crippen LogP) is 0.432. The van der Waals surface area contributed by atoms with Gasteiger partial charge in [-0.15, -0.1) is 11.3 Å². The van der Waals surface area contributed by atoms with E-state index < -0.39 is 21.7 Å². The molecule has 0 radical (unpaired) electrons. The van der Waals surface area contributed by atoms with Crippen LogP contribution >= 0.6 is 11.3 Å². The van der Waals surface area contributed by atoms with Crippen LogP contribution in [0.15, 0.2) is 28.4 Å². The normalized spacial score (nSPS) is 11.1. The van der Waals surface area contributed by atoms with Crippen molar-refractivity contribution in [1.82, 2.24) is 15.0 Å². The number of sulfonamides is 1. The fourth-order valence-corrected chi connectivity index (χ4v) is 3.29. The van der Waals surface area contributed by atoms with Crippen LogP contribution < -0.4 is 4.72 Å². The molecule has 18 heavy (non-hydrogen) atoms. The Morgan fingerprint density at radius 3 is 2.61 bits per heavy atom. The zero-order chi connectivity index (χ0) is 13.2. The third-order valence-electron chi connectivity index (χ3n) is 1.79. The van der Waals surface area contributed by atoms with E-state index in [1.807, 2.05) is 0 Å². The van der Waals surface area contributed by atoms with Crippen molar-refractivity contribution in [3.05, 3.63) is 29.9 Å². The molecule has 0 amide bonds. The average molecular weight is 286 g/mol. The summed E-state index contributed by atoms with van der Waals surface area (Å²) in [5, 5.41) is 8.81. The summed E-state index contributed by atoms with van der Waals surface area (Å²) >= 11 is 0.721. The number of anilines is 1. The Kier molecular flexibility index (Phi) is 3.21. The number of hydrogen-bond donors (Lipinski definition) is 2. The van der Waals surface area contributed by atoms with Gasteiger partial charge in [-0.3, -0.25) is 4.72 Å². The minimum absolute atomic E-state index is 0.141. The van der Waals surface area contributed by atoms with Gasteiger partial charge in [0.15, 0.2) is 9.90 Å². The highest BCUT2D eigenvalue weighted by Crippen LogP contribution is 2.22. The standard InChI is InChI=1S/C8H6N4O4S2/c13-7(14)6-8(17-4-11-6)18(15,16)12-5-1-9-3-10-2-5/h1-4,12H,(H,13,14). The van der Waals surface area contributed by atoms with Crippen LogP contribution in [0.4, 0.5) is 5.69 Å². The number of thiazole rings is 1. The lowest BCUT2D eigenvalue weighted by atomic mass is 10.5. The first-order chi connectivity index (χ1) is 8.50. The van der Waals surface area contributed by atoms with Crippen molar-refractivity contribution in [2.45, 2.75) is 4.21 Å². The maximum atomic E-state index is 11.9. The summed E-state index contributed by atoms with van der Waals surface area (Å²) in [6, 6.07) is 0. The van der Waals surface area contributed by atoms with Crippen LogP contribution in [0.3, 0.4) is 0 Å². The second-order valence-electron chi connectivity index (χ2n) is 3.03. The molecular weight excluding hydrogens is 280 g/mol. The van der Waals surface area contributed by atoms with Crippen molar-refractivity contribution >= 4 is 33.0 Å². The number of hydrogen-bond acceptors (Lipinski definition) is 7. The van der Waals surface area contributed by atoms with Crippen molar-refractivity contribution < 1.29 is 18.3 Å². The van der Waals surface area contributed by atoms with Gasteiger partial charge in [-0.1, -0.05) is 0 Å². The van der Waals surface area contributed by atoms with Crippen molar-refractivity contribution in [3.63, 3.8) is 0 Å². The monoisotopic (exact) mass is 286 g/mol. The summed E-state index contributed by atoms with van der Waals surface area (Å²) in [5.41, 5.74) is 0.783. The summed E-state index contributed by atoms with van der Waals surface area (Å²) in [7, 11) is -4.00. The predicted molar refractivity (Wildman–Crippen MR) is 61.9 cm³/mol. The van der Waals surface area contributed by atoms with Gasteiger partial charge in [0.05, 0.1) is 23.6 Å². The summed E-state index contributed by atoms with van der Waals surface area (Å²) in [4.78, 5) is 21.6. The molecule has 0 aliphatic rings. The van der Waals surface area contributed by atoms with E-state index in [2.05, 4.69) is 19.7 Å². The molecule has 0 unspecified atom stereocenters. The molecule has 0 aliphatic carbocycles. The Bertz CT molecular complexity index is 667. The van der Waals surface area contributed by atoms with Gasteiger partial charge in [0, 0.05) is 0 Å². The molecule has 0 bridgehead atoms. The molecular formula is C8H6N4O4S2. The van der Waals surface area contributed by atoms with E-state index in [1.165, 1.54) is 18.7 Å². The van der Waals surface area contributed by atoms with Gasteiger partial charge >= 0.3 is 5.97 Å². The summed E-state index contributed by atoms with van der Waals surface area (Å²) in [5.74, 6) is -1.40. The highest BCUT2D eigenvalue weighted by atomic mass is 32.2. The number of aromatic nitrogens is 3. The van der Waals surface area contributed by atoms with Crippen LogP contribution in [0.5, 0.6) is 0 Å². The first kappa shape index (κ1) is 12.4. The fourth-order valence-electron chi connectivity index (χ4n) is 1.12. The number of carboxylic acid groups (broad SMARTS) is 1. The first-order valence-corrected chi connectivity index (χ1v) is 6.81. The highest BCUT2D eigenvalue weighted by Gasteiger charge is 2.25. The molecule has 0 fully saturated rings. The second kappa shape index (κ2) is 4.66. The van der Waals surface area contributed by atoms with E-state index >= 15 is 0 Å². The number of aromatic carboxylic acids is 1. The maximum absolute atomic E-state index is 11.9. The third-order valence-corrected chi connectivity index (χ3v) is 4.55. The molecule has 0 saturated carbocycles. The van der Waals surface area contributed by atoms with Crippen molar-refractivity contribution in [2.24, 2.45) is 0 Å². The second-order valence-corrected chi connectivity index (χ2v) is 5.76. The summed E-state index contributed by atoms with van der Waals surface area (Å²) in [6.45, 7) is 0. The molecule has 10 heteroatoms. The molecule has 94 valence electrons. The van der Waals surface area contributed by atoms with E-state index in [4.69, 9.17) is 5.11 Å². The third kappa shape index (κ3) is 2.43. The van der Waals surface area contributed by atoms with Gasteiger partial charge in [-0.25, -0.2) is 28.2 Å². The highest BCUT2D eigenvalue weighted by molar-refractivity contribution is 7.94. The van der Waals surface area contributed by atoms with Gasteiger partial charge in [0.1, 0.15) is 6.33 Å². The van der Waals surface area contributed by atoms with Crippen molar-refractivity contribution in [3.8, 4) is 0 Å². The zero-order valence-corrected chi connectivity index (χ0v) is 10.3. The summed E-state index contributed by atoms with van der Waals surface area (Å²) in [6.07, 6.45) is 3.76. The van der Waals surface area contributed by atoms with Crippen LogP contribution in [-0.2, 0) is 10.0 Å². The Morgan fingerprint density at radius 1 is 1.33 bits per heavy atom. The van der Waals surface area contributed by atoms with Gasteiger partial charge in [-0.05, 0) is 0 Å². The molecule has 2 rings (SSSR count). The molecule has 0 saturated heterocycles. The number of rotatable bonds is 4. The first-order valence-electron chi connectivity index (χ1n) is 4.45. The molecule has 0 aliphatic heterocycles. The van der Waals surface area contributed by atoms with E-state index in [0.29, 0.717) is 0 Å². The number of nitrogens with zero attached hydrogens (tertiary/aromatic N) is 3. The molecule has 2 heterocycles. The maximum Gasteiger partial charge on any atom is 0.356 e. The topological polar surface area (TPSA) is 122 Å². The van der Waals surface area contributed by atoms with Crippen LogP contribution in [0.1, 0.15) is 10.5 Å². The van der Waals surface area contributed by atoms with Crippen LogP contribution in [-0.4, -0.2) is 34.4 Å². The number of carbonyl (C=O) groups is 1. The lowest BCUT2D eigenvalue weighted by molar-refractivity contribution is 0.0687. The van der Waals surface area contributed by atoms with Crippen LogP contribution in [0.25, 0.3) is 0 Å². The molecule has 2 N–H and O–H groups in total. The van der Waals surface area contributed by atoms with E-state index in [-0.39, 0.29) is 9.90 Å². The quantitative estimate of drug-likeness (QED) is 0.835. The minimum atomic E-state index is -4.00. The summed E-state index contributed by atoms with van der Waals surface area (Å²) < 4.78 is 25.7. The molecule has 0 aromatic carbocycles. The fraction of sp³-hybridized carbons (Fsp3) is 0. The number of carboxylic acids is 1. The largest absolute Gasteiger partial charge is 0.476 e. The lowest BCUT2D eigenvalue weighted by Crippen LogP contribution is -2.15. The van der Waals surface area contributed by atoms with E-state index in [0.717, 1.165) is 16.8 Å². The lowest BCUT2D eigenvalue weighted by Gasteiger charge is -2.05. The number of nitrogens with one attached hydrogen (secondary N) is 1. The van der Waals surface area contributed by atoms with Gasteiger partial charge < -0.3 is 5.11 Å². The Labute approximate surface area is 105 Å². The molecule has 0 atom stereocenters. The molecule has 0 spiro atoms. The molecule has 2 aromatic rings. The van der Waals surface area contributed by atoms with Gasteiger partial charge in [0.25, 0.3) is 10.0 Å². The van der Waals surface area contributed by atoms with Gasteiger partial charge in [-0.2, -0.15) is 0 Å². The Morgan fingerprint density at radius 2 is 2.00 bits per heavy atom. The average Bonchev–Trinajstić information content (AvgIpc) is 2.79. The zero-order valence-electron chi connectivity index (χ0n) is 8.64.